The number of hydrogen-bond acceptors (Lipinski definition) is 2. The van der Waals surface area contributed by atoms with E-state index in [-0.39, 0.29) is 0 Å². The maximum atomic E-state index is 5.80. The lowest BCUT2D eigenvalue weighted by Gasteiger charge is -2.09. The van der Waals surface area contributed by atoms with Crippen molar-refractivity contribution in [3.05, 3.63) is 0 Å². The van der Waals surface area contributed by atoms with Crippen molar-refractivity contribution in [1.82, 2.24) is 4.90 Å². The molecule has 1 heterocycles. The number of likely N-dealkylation sites (N-methyl/N-ethyl adjacent to an activating group) is 1. The van der Waals surface area contributed by atoms with Crippen LogP contribution in [-0.4, -0.2) is 30.6 Å². The molecule has 54 valence electrons. The van der Waals surface area contributed by atoms with Crippen LogP contribution in [0.5, 0.6) is 0 Å². The van der Waals surface area contributed by atoms with Crippen LogP contribution in [0.3, 0.4) is 0 Å². The van der Waals surface area contributed by atoms with E-state index in [1.54, 1.807) is 0 Å². The lowest BCUT2D eigenvalue weighted by Crippen LogP contribution is -2.28. The second-order valence-corrected chi connectivity index (χ2v) is 2.99. The Morgan fingerprint density at radius 1 is 1.56 bits per heavy atom. The van der Waals surface area contributed by atoms with Crippen molar-refractivity contribution in [2.45, 2.75) is 19.9 Å². The SMILES string of the molecule is CCN1CC(C)C(N)C1. The zero-order valence-electron chi connectivity index (χ0n) is 6.30. The maximum Gasteiger partial charge on any atom is 0.0206 e. The summed E-state index contributed by atoms with van der Waals surface area (Å²) in [5, 5.41) is 0. The van der Waals surface area contributed by atoms with Gasteiger partial charge in [0.1, 0.15) is 0 Å². The van der Waals surface area contributed by atoms with Crippen molar-refractivity contribution >= 4 is 0 Å². The summed E-state index contributed by atoms with van der Waals surface area (Å²) in [6.07, 6.45) is 0. The molecule has 0 spiro atoms. The third kappa shape index (κ3) is 1.43. The Bertz CT molecular complexity index is 82.9. The summed E-state index contributed by atoms with van der Waals surface area (Å²) in [5.41, 5.74) is 5.80. The molecule has 0 aromatic rings. The van der Waals surface area contributed by atoms with E-state index in [9.17, 15) is 0 Å². The highest BCUT2D eigenvalue weighted by molar-refractivity contribution is 4.82. The molecule has 0 aliphatic carbocycles. The van der Waals surface area contributed by atoms with Gasteiger partial charge in [-0.3, -0.25) is 0 Å². The van der Waals surface area contributed by atoms with Gasteiger partial charge in [-0.05, 0) is 12.5 Å². The summed E-state index contributed by atoms with van der Waals surface area (Å²) in [6.45, 7) is 7.85. The van der Waals surface area contributed by atoms with E-state index in [1.165, 1.54) is 6.54 Å². The van der Waals surface area contributed by atoms with Gasteiger partial charge in [-0.1, -0.05) is 13.8 Å². The molecule has 0 aromatic heterocycles. The number of rotatable bonds is 1. The van der Waals surface area contributed by atoms with Gasteiger partial charge >= 0.3 is 0 Å². The van der Waals surface area contributed by atoms with Crippen LogP contribution in [0, 0.1) is 5.92 Å². The quantitative estimate of drug-likeness (QED) is 0.550. The molecule has 2 nitrogen and oxygen atoms in total. The minimum absolute atomic E-state index is 0.421. The zero-order chi connectivity index (χ0) is 6.85. The number of likely N-dealkylation sites (tertiary alicyclic amines) is 1. The summed E-state index contributed by atoms with van der Waals surface area (Å²) >= 11 is 0. The molecule has 2 atom stereocenters. The van der Waals surface area contributed by atoms with E-state index >= 15 is 0 Å². The Morgan fingerprint density at radius 2 is 2.22 bits per heavy atom. The normalized spacial score (nSPS) is 37.7. The van der Waals surface area contributed by atoms with Crippen LogP contribution in [0.1, 0.15) is 13.8 Å². The zero-order valence-corrected chi connectivity index (χ0v) is 6.30. The standard InChI is InChI=1S/C7H16N2/c1-3-9-4-6(2)7(8)5-9/h6-7H,3-5,8H2,1-2H3. The fourth-order valence-electron chi connectivity index (χ4n) is 1.35. The topological polar surface area (TPSA) is 29.3 Å². The minimum atomic E-state index is 0.421. The van der Waals surface area contributed by atoms with Crippen LogP contribution in [0.4, 0.5) is 0 Å². The van der Waals surface area contributed by atoms with Gasteiger partial charge in [-0.25, -0.2) is 0 Å². The van der Waals surface area contributed by atoms with E-state index in [0.29, 0.717) is 12.0 Å². The molecule has 0 amide bonds. The second-order valence-electron chi connectivity index (χ2n) is 2.99. The van der Waals surface area contributed by atoms with Crippen LogP contribution in [-0.2, 0) is 0 Å². The van der Waals surface area contributed by atoms with Gasteiger partial charge < -0.3 is 10.6 Å². The lowest BCUT2D eigenvalue weighted by molar-refractivity contribution is 0.345. The first kappa shape index (κ1) is 7.03. The van der Waals surface area contributed by atoms with Crippen LogP contribution in [0.2, 0.25) is 0 Å². The maximum absolute atomic E-state index is 5.80. The molecule has 2 N–H and O–H groups in total. The molecule has 1 aliphatic rings. The van der Waals surface area contributed by atoms with Gasteiger partial charge in [0.05, 0.1) is 0 Å². The van der Waals surface area contributed by atoms with E-state index < -0.39 is 0 Å². The summed E-state index contributed by atoms with van der Waals surface area (Å²) in [4.78, 5) is 2.40. The fourth-order valence-corrected chi connectivity index (χ4v) is 1.35. The first-order chi connectivity index (χ1) is 4.24. The molecule has 1 saturated heterocycles. The fraction of sp³-hybridized carbons (Fsp3) is 1.00. The van der Waals surface area contributed by atoms with Gasteiger partial charge in [0.15, 0.2) is 0 Å². The molecule has 0 aromatic carbocycles. The van der Waals surface area contributed by atoms with Crippen LogP contribution in [0.15, 0.2) is 0 Å². The van der Waals surface area contributed by atoms with Gasteiger partial charge in [-0.2, -0.15) is 0 Å². The number of nitrogens with two attached hydrogens (primary N) is 1. The number of nitrogens with zero attached hydrogens (tertiary/aromatic N) is 1. The van der Waals surface area contributed by atoms with Crippen molar-refractivity contribution in [2.24, 2.45) is 11.7 Å². The first-order valence-corrected chi connectivity index (χ1v) is 3.72. The Labute approximate surface area is 57.0 Å². The molecular weight excluding hydrogens is 112 g/mol. The molecule has 0 bridgehead atoms. The van der Waals surface area contributed by atoms with Crippen LogP contribution < -0.4 is 5.73 Å². The first-order valence-electron chi connectivity index (χ1n) is 3.72. The molecular formula is C7H16N2. The Morgan fingerprint density at radius 3 is 2.44 bits per heavy atom. The van der Waals surface area contributed by atoms with Gasteiger partial charge in [0.2, 0.25) is 0 Å². The predicted molar refractivity (Wildman–Crippen MR) is 39.3 cm³/mol. The summed E-state index contributed by atoms with van der Waals surface area (Å²) in [5.74, 6) is 0.699. The van der Waals surface area contributed by atoms with Crippen molar-refractivity contribution in [2.75, 3.05) is 19.6 Å². The van der Waals surface area contributed by atoms with Crippen molar-refractivity contribution < 1.29 is 0 Å². The Hall–Kier alpha value is -0.0800. The summed E-state index contributed by atoms with van der Waals surface area (Å²) < 4.78 is 0. The molecule has 1 aliphatic heterocycles. The molecule has 0 saturated carbocycles. The monoisotopic (exact) mass is 128 g/mol. The van der Waals surface area contributed by atoms with E-state index in [1.807, 2.05) is 0 Å². The third-order valence-corrected chi connectivity index (χ3v) is 2.19. The van der Waals surface area contributed by atoms with E-state index in [2.05, 4.69) is 18.7 Å². The van der Waals surface area contributed by atoms with Crippen LogP contribution in [0.25, 0.3) is 0 Å². The molecule has 2 unspecified atom stereocenters. The highest BCUT2D eigenvalue weighted by atomic mass is 15.2. The van der Waals surface area contributed by atoms with Gasteiger partial charge in [-0.15, -0.1) is 0 Å². The van der Waals surface area contributed by atoms with E-state index in [4.69, 9.17) is 5.73 Å². The number of hydrogen-bond donors (Lipinski definition) is 1. The summed E-state index contributed by atoms with van der Waals surface area (Å²) in [6, 6.07) is 0.421. The van der Waals surface area contributed by atoms with E-state index in [0.717, 1.165) is 13.1 Å². The average Bonchev–Trinajstić information content (AvgIpc) is 2.13. The van der Waals surface area contributed by atoms with Crippen LogP contribution >= 0.6 is 0 Å². The molecule has 9 heavy (non-hydrogen) atoms. The smallest absolute Gasteiger partial charge is 0.0206 e. The minimum Gasteiger partial charge on any atom is -0.326 e. The molecule has 1 rings (SSSR count). The van der Waals surface area contributed by atoms with Crippen molar-refractivity contribution in [3.63, 3.8) is 0 Å². The Balaban J connectivity index is 2.35. The third-order valence-electron chi connectivity index (χ3n) is 2.19. The predicted octanol–water partition coefficient (Wildman–Crippen LogP) is 0.285. The van der Waals surface area contributed by atoms with Crippen molar-refractivity contribution in [1.29, 1.82) is 0 Å². The average molecular weight is 128 g/mol. The van der Waals surface area contributed by atoms with Crippen molar-refractivity contribution in [3.8, 4) is 0 Å². The van der Waals surface area contributed by atoms with Gasteiger partial charge in [0.25, 0.3) is 0 Å². The molecule has 0 radical (unpaired) electrons. The second kappa shape index (κ2) is 2.67. The van der Waals surface area contributed by atoms with Gasteiger partial charge in [0, 0.05) is 19.1 Å². The Kier molecular flexibility index (Phi) is 2.09. The lowest BCUT2D eigenvalue weighted by atomic mass is 10.1. The molecule has 2 heteroatoms. The molecule has 1 fully saturated rings. The largest absolute Gasteiger partial charge is 0.326 e. The summed E-state index contributed by atoms with van der Waals surface area (Å²) in [7, 11) is 0. The highest BCUT2D eigenvalue weighted by Gasteiger charge is 2.24. The highest BCUT2D eigenvalue weighted by Crippen LogP contribution is 2.12.